The van der Waals surface area contributed by atoms with Gasteiger partial charge in [0.15, 0.2) is 0 Å². The molecule has 1 aliphatic rings. The zero-order valence-electron chi connectivity index (χ0n) is 18.9. The Kier molecular flexibility index (Phi) is 6.86. The number of carbonyl (C=O) groups excluding carboxylic acids is 1. The summed E-state index contributed by atoms with van der Waals surface area (Å²) in [5, 5.41) is 0. The van der Waals surface area contributed by atoms with Gasteiger partial charge in [-0.15, -0.1) is 0 Å². The van der Waals surface area contributed by atoms with Crippen LogP contribution in [0.5, 0.6) is 0 Å². The van der Waals surface area contributed by atoms with Crippen LogP contribution in [-0.4, -0.2) is 43.7 Å². The molecule has 0 saturated carbocycles. The van der Waals surface area contributed by atoms with Gasteiger partial charge < -0.3 is 4.90 Å². The molecule has 0 aliphatic carbocycles. The molecule has 168 valence electrons. The number of hydrogen-bond acceptors (Lipinski definition) is 3. The van der Waals surface area contributed by atoms with E-state index in [0.29, 0.717) is 36.4 Å². The second-order valence-corrected chi connectivity index (χ2v) is 10.4. The minimum absolute atomic E-state index is 0.0703. The lowest BCUT2D eigenvalue weighted by atomic mass is 9.96. The van der Waals surface area contributed by atoms with Crippen molar-refractivity contribution in [3.05, 3.63) is 64.0 Å². The van der Waals surface area contributed by atoms with Crippen molar-refractivity contribution in [1.29, 1.82) is 0 Å². The van der Waals surface area contributed by atoms with Gasteiger partial charge in [0, 0.05) is 38.2 Å². The molecular weight excluding hydrogens is 415 g/mol. The van der Waals surface area contributed by atoms with Gasteiger partial charge in [0.25, 0.3) is 0 Å². The number of nitrogens with zero attached hydrogens (tertiary/aromatic N) is 2. The van der Waals surface area contributed by atoms with Gasteiger partial charge in [0.2, 0.25) is 15.9 Å². The van der Waals surface area contributed by atoms with Gasteiger partial charge in [0.05, 0.1) is 4.90 Å². The maximum absolute atomic E-state index is 13.9. The number of halogens is 1. The third-order valence-electron chi connectivity index (χ3n) is 6.44. The Labute approximate surface area is 184 Å². The van der Waals surface area contributed by atoms with Crippen molar-refractivity contribution in [2.24, 2.45) is 5.92 Å². The molecule has 3 rings (SSSR count). The predicted octanol–water partition coefficient (Wildman–Crippen LogP) is 4.12. The summed E-state index contributed by atoms with van der Waals surface area (Å²) in [5.41, 5.74) is 3.96. The molecule has 1 heterocycles. The lowest BCUT2D eigenvalue weighted by Gasteiger charge is -2.33. The molecule has 1 saturated heterocycles. The van der Waals surface area contributed by atoms with Gasteiger partial charge in [-0.25, -0.2) is 12.8 Å². The normalized spacial score (nSPS) is 15.8. The lowest BCUT2D eigenvalue weighted by molar-refractivity contribution is -0.136. The third kappa shape index (κ3) is 4.67. The minimum atomic E-state index is -3.63. The van der Waals surface area contributed by atoms with Crippen LogP contribution in [-0.2, 0) is 21.4 Å². The molecule has 0 unspecified atom stereocenters. The van der Waals surface area contributed by atoms with Crippen LogP contribution in [0.25, 0.3) is 0 Å². The molecule has 2 aromatic rings. The van der Waals surface area contributed by atoms with Gasteiger partial charge in [0.1, 0.15) is 5.82 Å². The average molecular weight is 447 g/mol. The Morgan fingerprint density at radius 1 is 1.06 bits per heavy atom. The highest BCUT2D eigenvalue weighted by molar-refractivity contribution is 7.89. The first-order valence-electron chi connectivity index (χ1n) is 10.6. The van der Waals surface area contributed by atoms with Crippen LogP contribution < -0.4 is 0 Å². The van der Waals surface area contributed by atoms with Crippen molar-refractivity contribution in [2.45, 2.75) is 52.0 Å². The summed E-state index contributed by atoms with van der Waals surface area (Å²) in [6.07, 6.45) is 0.922. The maximum atomic E-state index is 13.9. The zero-order chi connectivity index (χ0) is 22.9. The highest BCUT2D eigenvalue weighted by Gasteiger charge is 2.35. The van der Waals surface area contributed by atoms with Crippen LogP contribution in [0.15, 0.2) is 35.2 Å². The summed E-state index contributed by atoms with van der Waals surface area (Å²) < 4.78 is 42.2. The number of benzene rings is 2. The van der Waals surface area contributed by atoms with E-state index in [1.54, 1.807) is 25.2 Å². The van der Waals surface area contributed by atoms with Crippen molar-refractivity contribution in [2.75, 3.05) is 20.1 Å². The highest BCUT2D eigenvalue weighted by atomic mass is 32.2. The van der Waals surface area contributed by atoms with Crippen LogP contribution >= 0.6 is 0 Å². The van der Waals surface area contributed by atoms with Crippen molar-refractivity contribution in [1.82, 2.24) is 9.21 Å². The molecule has 31 heavy (non-hydrogen) atoms. The van der Waals surface area contributed by atoms with Crippen molar-refractivity contribution >= 4 is 15.9 Å². The molecule has 5 nitrogen and oxygen atoms in total. The second kappa shape index (κ2) is 9.09. The van der Waals surface area contributed by atoms with Crippen LogP contribution in [0.2, 0.25) is 0 Å². The van der Waals surface area contributed by atoms with E-state index in [1.807, 2.05) is 33.8 Å². The smallest absolute Gasteiger partial charge is 0.243 e. The topological polar surface area (TPSA) is 57.7 Å². The number of piperidine rings is 1. The molecule has 1 fully saturated rings. The summed E-state index contributed by atoms with van der Waals surface area (Å²) >= 11 is 0. The fraction of sp³-hybridized carbons (Fsp3) is 0.458. The van der Waals surface area contributed by atoms with Crippen LogP contribution in [0, 0.1) is 39.4 Å². The van der Waals surface area contributed by atoms with E-state index < -0.39 is 10.0 Å². The third-order valence-corrected chi connectivity index (χ3v) is 8.61. The number of sulfonamides is 1. The SMILES string of the molecule is Cc1cc(C)c(C)c(S(=O)(=O)N2CCC(C(=O)N(C)Cc3ccccc3F)CC2)c1C. The number of hydrogen-bond donors (Lipinski definition) is 0. The summed E-state index contributed by atoms with van der Waals surface area (Å²) in [7, 11) is -1.97. The molecule has 7 heteroatoms. The van der Waals surface area contributed by atoms with Gasteiger partial charge in [-0.2, -0.15) is 4.31 Å². The fourth-order valence-corrected chi connectivity index (χ4v) is 6.36. The molecule has 0 N–H and O–H groups in total. The fourth-order valence-electron chi connectivity index (χ4n) is 4.31. The number of amides is 1. The van der Waals surface area contributed by atoms with Crippen LogP contribution in [0.4, 0.5) is 4.39 Å². The van der Waals surface area contributed by atoms with Gasteiger partial charge in [-0.1, -0.05) is 24.3 Å². The summed E-state index contributed by atoms with van der Waals surface area (Å²) in [6, 6.07) is 8.43. The van der Waals surface area contributed by atoms with Crippen molar-refractivity contribution < 1.29 is 17.6 Å². The molecule has 0 aromatic heterocycles. The quantitative estimate of drug-likeness (QED) is 0.694. The number of carbonyl (C=O) groups is 1. The van der Waals surface area contributed by atoms with E-state index in [2.05, 4.69) is 0 Å². The first-order valence-corrected chi connectivity index (χ1v) is 12.0. The molecule has 2 aromatic carbocycles. The first-order chi connectivity index (χ1) is 14.5. The zero-order valence-corrected chi connectivity index (χ0v) is 19.7. The van der Waals surface area contributed by atoms with Gasteiger partial charge in [-0.05, 0) is 68.9 Å². The van der Waals surface area contributed by atoms with E-state index in [9.17, 15) is 17.6 Å². The largest absolute Gasteiger partial charge is 0.341 e. The molecule has 0 spiro atoms. The summed E-state index contributed by atoms with van der Waals surface area (Å²) in [6.45, 7) is 8.36. The summed E-state index contributed by atoms with van der Waals surface area (Å²) in [4.78, 5) is 14.8. The first kappa shape index (κ1) is 23.4. The molecule has 1 aliphatic heterocycles. The Bertz CT molecular complexity index is 1060. The van der Waals surface area contributed by atoms with E-state index >= 15 is 0 Å². The maximum Gasteiger partial charge on any atom is 0.243 e. The van der Waals surface area contributed by atoms with E-state index in [4.69, 9.17) is 0 Å². The molecule has 0 bridgehead atoms. The minimum Gasteiger partial charge on any atom is -0.341 e. The Morgan fingerprint density at radius 3 is 2.16 bits per heavy atom. The molecular formula is C24H31FN2O3S. The number of rotatable bonds is 5. The second-order valence-electron chi connectivity index (χ2n) is 8.55. The van der Waals surface area contributed by atoms with E-state index in [0.717, 1.165) is 22.3 Å². The van der Waals surface area contributed by atoms with Gasteiger partial charge in [-0.3, -0.25) is 4.79 Å². The van der Waals surface area contributed by atoms with Gasteiger partial charge >= 0.3 is 0 Å². The molecule has 1 amide bonds. The summed E-state index contributed by atoms with van der Waals surface area (Å²) in [5.74, 6) is -0.661. The van der Waals surface area contributed by atoms with Crippen LogP contribution in [0.3, 0.4) is 0 Å². The van der Waals surface area contributed by atoms with Crippen molar-refractivity contribution in [3.63, 3.8) is 0 Å². The molecule has 0 atom stereocenters. The standard InChI is InChI=1S/C24H31FN2O3S/c1-16-14-17(2)19(4)23(18(16)3)31(29,30)27-12-10-20(11-13-27)24(28)26(5)15-21-8-6-7-9-22(21)25/h6-9,14,20H,10-13,15H2,1-5H3. The van der Waals surface area contributed by atoms with E-state index in [1.165, 1.54) is 15.3 Å². The Balaban J connectivity index is 1.71. The Morgan fingerprint density at radius 2 is 1.61 bits per heavy atom. The molecule has 0 radical (unpaired) electrons. The average Bonchev–Trinajstić information content (AvgIpc) is 2.73. The number of aryl methyl sites for hydroxylation is 2. The Hall–Kier alpha value is -2.25. The highest BCUT2D eigenvalue weighted by Crippen LogP contribution is 2.31. The monoisotopic (exact) mass is 446 g/mol. The van der Waals surface area contributed by atoms with Crippen LogP contribution in [0.1, 0.15) is 40.7 Å². The van der Waals surface area contributed by atoms with Crippen molar-refractivity contribution in [3.8, 4) is 0 Å². The predicted molar refractivity (Wildman–Crippen MR) is 120 cm³/mol. The lowest BCUT2D eigenvalue weighted by Crippen LogP contribution is -2.43. The van der Waals surface area contributed by atoms with E-state index in [-0.39, 0.29) is 24.2 Å².